The third-order valence-corrected chi connectivity index (χ3v) is 2.36. The normalized spacial score (nSPS) is 19.4. The Hall–Kier alpha value is -1.68. The van der Waals surface area contributed by atoms with E-state index in [4.69, 9.17) is 18.9 Å². The van der Waals surface area contributed by atoms with Crippen molar-refractivity contribution in [3.05, 3.63) is 36.1 Å². The third kappa shape index (κ3) is 1.97. The summed E-state index contributed by atoms with van der Waals surface area (Å²) in [4.78, 5) is 0. The molecular weight excluding hydrogens is 208 g/mol. The van der Waals surface area contributed by atoms with Crippen LogP contribution in [0, 0.1) is 0 Å². The molecule has 4 heteroatoms. The van der Waals surface area contributed by atoms with Crippen LogP contribution in [0.5, 0.6) is 11.5 Å². The maximum atomic E-state index is 5.43. The predicted molar refractivity (Wildman–Crippen MR) is 58.5 cm³/mol. The molecule has 0 radical (unpaired) electrons. The number of rotatable bonds is 3. The lowest BCUT2D eigenvalue weighted by Gasteiger charge is -2.14. The van der Waals surface area contributed by atoms with Gasteiger partial charge in [-0.25, -0.2) is 0 Å². The summed E-state index contributed by atoms with van der Waals surface area (Å²) in [6.45, 7) is 4.12. The van der Waals surface area contributed by atoms with E-state index in [1.54, 1.807) is 20.3 Å². The van der Waals surface area contributed by atoms with Crippen LogP contribution >= 0.6 is 0 Å². The van der Waals surface area contributed by atoms with Crippen LogP contribution in [0.4, 0.5) is 0 Å². The van der Waals surface area contributed by atoms with E-state index in [9.17, 15) is 0 Å². The highest BCUT2D eigenvalue weighted by molar-refractivity contribution is 5.41. The molecule has 1 heterocycles. The smallest absolute Gasteiger partial charge is 0.230 e. The Labute approximate surface area is 94.4 Å². The molecule has 4 nitrogen and oxygen atoms in total. The van der Waals surface area contributed by atoms with Gasteiger partial charge in [-0.2, -0.15) is 0 Å². The van der Waals surface area contributed by atoms with E-state index < -0.39 is 6.29 Å². The molecule has 2 rings (SSSR count). The number of ether oxygens (including phenoxy) is 4. The largest absolute Gasteiger partial charge is 0.497 e. The van der Waals surface area contributed by atoms with E-state index >= 15 is 0 Å². The third-order valence-electron chi connectivity index (χ3n) is 2.36. The van der Waals surface area contributed by atoms with E-state index in [1.807, 2.05) is 12.1 Å². The molecule has 1 atom stereocenters. The van der Waals surface area contributed by atoms with Crippen LogP contribution < -0.4 is 9.47 Å². The number of benzene rings is 1. The van der Waals surface area contributed by atoms with Gasteiger partial charge in [0, 0.05) is 6.07 Å². The molecule has 1 aromatic rings. The van der Waals surface area contributed by atoms with Crippen LogP contribution in [0.15, 0.2) is 30.5 Å². The van der Waals surface area contributed by atoms with Crippen molar-refractivity contribution in [3.63, 3.8) is 0 Å². The first-order chi connectivity index (χ1) is 7.74. The molecule has 0 spiro atoms. The summed E-state index contributed by atoms with van der Waals surface area (Å²) in [5.41, 5.74) is 0.835. The Morgan fingerprint density at radius 3 is 2.69 bits per heavy atom. The Balaban J connectivity index is 2.29. The molecule has 0 amide bonds. The lowest BCUT2D eigenvalue weighted by Crippen LogP contribution is -2.01. The van der Waals surface area contributed by atoms with Gasteiger partial charge in [0.05, 0.1) is 19.8 Å². The molecule has 0 bridgehead atoms. The van der Waals surface area contributed by atoms with Crippen molar-refractivity contribution < 1.29 is 18.9 Å². The van der Waals surface area contributed by atoms with Crippen molar-refractivity contribution in [1.29, 1.82) is 0 Å². The molecule has 0 aromatic heterocycles. The minimum atomic E-state index is -0.437. The fourth-order valence-electron chi connectivity index (χ4n) is 1.55. The SMILES string of the molecule is C=C1COC(c2ccc(OC)cc2OC)O1. The van der Waals surface area contributed by atoms with Gasteiger partial charge in [0.15, 0.2) is 0 Å². The fourth-order valence-corrected chi connectivity index (χ4v) is 1.55. The minimum absolute atomic E-state index is 0.417. The van der Waals surface area contributed by atoms with Gasteiger partial charge in [0.25, 0.3) is 0 Å². The average molecular weight is 222 g/mol. The van der Waals surface area contributed by atoms with Crippen LogP contribution in [0.3, 0.4) is 0 Å². The lowest BCUT2D eigenvalue weighted by molar-refractivity contribution is -0.0354. The number of hydrogen-bond donors (Lipinski definition) is 0. The molecule has 1 fully saturated rings. The maximum absolute atomic E-state index is 5.43. The molecule has 1 aliphatic rings. The topological polar surface area (TPSA) is 36.9 Å². The summed E-state index contributed by atoms with van der Waals surface area (Å²) in [7, 11) is 3.21. The van der Waals surface area contributed by atoms with Crippen molar-refractivity contribution in [2.45, 2.75) is 6.29 Å². The van der Waals surface area contributed by atoms with Crippen molar-refractivity contribution in [3.8, 4) is 11.5 Å². The zero-order valence-corrected chi connectivity index (χ0v) is 9.36. The highest BCUT2D eigenvalue weighted by atomic mass is 16.7. The van der Waals surface area contributed by atoms with Gasteiger partial charge in [-0.15, -0.1) is 0 Å². The monoisotopic (exact) mass is 222 g/mol. The molecule has 0 aliphatic carbocycles. The zero-order valence-electron chi connectivity index (χ0n) is 9.36. The molecular formula is C12H14O4. The van der Waals surface area contributed by atoms with Crippen LogP contribution in [0.1, 0.15) is 11.9 Å². The van der Waals surface area contributed by atoms with Crippen molar-refractivity contribution in [2.75, 3.05) is 20.8 Å². The molecule has 1 saturated heterocycles. The predicted octanol–water partition coefficient (Wildman–Crippen LogP) is 2.26. The van der Waals surface area contributed by atoms with E-state index in [2.05, 4.69) is 6.58 Å². The van der Waals surface area contributed by atoms with Crippen LogP contribution in [0.25, 0.3) is 0 Å². The minimum Gasteiger partial charge on any atom is -0.497 e. The highest BCUT2D eigenvalue weighted by Gasteiger charge is 2.25. The molecule has 1 aromatic carbocycles. The molecule has 1 unspecified atom stereocenters. The van der Waals surface area contributed by atoms with E-state index in [0.717, 1.165) is 11.3 Å². The summed E-state index contributed by atoms with van der Waals surface area (Å²) in [6.07, 6.45) is -0.437. The highest BCUT2D eigenvalue weighted by Crippen LogP contribution is 2.35. The second-order valence-corrected chi connectivity index (χ2v) is 3.41. The molecule has 1 aliphatic heterocycles. The molecule has 0 saturated carbocycles. The van der Waals surface area contributed by atoms with Crippen molar-refractivity contribution in [1.82, 2.24) is 0 Å². The molecule has 86 valence electrons. The van der Waals surface area contributed by atoms with E-state index in [0.29, 0.717) is 18.1 Å². The van der Waals surface area contributed by atoms with Gasteiger partial charge in [0.1, 0.15) is 23.9 Å². The quantitative estimate of drug-likeness (QED) is 0.786. The molecule has 16 heavy (non-hydrogen) atoms. The van der Waals surface area contributed by atoms with Crippen molar-refractivity contribution in [2.24, 2.45) is 0 Å². The van der Waals surface area contributed by atoms with Gasteiger partial charge in [-0.3, -0.25) is 0 Å². The second-order valence-electron chi connectivity index (χ2n) is 3.41. The van der Waals surface area contributed by atoms with E-state index in [1.165, 1.54) is 0 Å². The number of methoxy groups -OCH3 is 2. The van der Waals surface area contributed by atoms with Crippen LogP contribution in [-0.4, -0.2) is 20.8 Å². The van der Waals surface area contributed by atoms with Crippen LogP contribution in [0.2, 0.25) is 0 Å². The van der Waals surface area contributed by atoms with Gasteiger partial charge < -0.3 is 18.9 Å². The Morgan fingerprint density at radius 2 is 2.12 bits per heavy atom. The lowest BCUT2D eigenvalue weighted by atomic mass is 10.2. The first kappa shape index (κ1) is 10.8. The van der Waals surface area contributed by atoms with Gasteiger partial charge in [0.2, 0.25) is 6.29 Å². The van der Waals surface area contributed by atoms with Gasteiger partial charge in [-0.05, 0) is 12.1 Å². The van der Waals surface area contributed by atoms with E-state index in [-0.39, 0.29) is 0 Å². The van der Waals surface area contributed by atoms with Crippen LogP contribution in [-0.2, 0) is 9.47 Å². The maximum Gasteiger partial charge on any atom is 0.230 e. The average Bonchev–Trinajstić information content (AvgIpc) is 2.74. The Morgan fingerprint density at radius 1 is 1.31 bits per heavy atom. The summed E-state index contributed by atoms with van der Waals surface area (Å²) in [6, 6.07) is 5.50. The zero-order chi connectivity index (χ0) is 11.5. The molecule has 0 N–H and O–H groups in total. The second kappa shape index (κ2) is 4.45. The summed E-state index contributed by atoms with van der Waals surface area (Å²) >= 11 is 0. The first-order valence-corrected chi connectivity index (χ1v) is 4.92. The van der Waals surface area contributed by atoms with Gasteiger partial charge >= 0.3 is 0 Å². The summed E-state index contributed by atoms with van der Waals surface area (Å²) < 4.78 is 21.2. The summed E-state index contributed by atoms with van der Waals surface area (Å²) in [5.74, 6) is 2.04. The Bertz CT molecular complexity index is 400. The standard InChI is InChI=1S/C12H14O4/c1-8-7-15-12(16-8)10-5-4-9(13-2)6-11(10)14-3/h4-6,12H,1,7H2,2-3H3. The van der Waals surface area contributed by atoms with Gasteiger partial charge in [-0.1, -0.05) is 6.58 Å². The Kier molecular flexibility index (Phi) is 3.01. The van der Waals surface area contributed by atoms with Crippen molar-refractivity contribution >= 4 is 0 Å². The fraction of sp³-hybridized carbons (Fsp3) is 0.333. The first-order valence-electron chi connectivity index (χ1n) is 4.92. The summed E-state index contributed by atoms with van der Waals surface area (Å²) in [5, 5.41) is 0. The number of hydrogen-bond acceptors (Lipinski definition) is 4.